The van der Waals surface area contributed by atoms with Crippen molar-refractivity contribution in [3.05, 3.63) is 42.0 Å². The monoisotopic (exact) mass is 315 g/mol. The standard InChI is InChI=1S/C17H17NO5/c1-23-17(22)9-4-6-12(7-5-9)18-15(19)13-10-2-3-11(8-10)14(13)16(20)21/h2-7,10-11,13-14H,8H2,1H3,(H,18,19)(H,20,21)/t10-,11-,13+,14+/m0/s1. The van der Waals surface area contributed by atoms with Gasteiger partial charge in [0.25, 0.3) is 0 Å². The maximum absolute atomic E-state index is 12.5. The number of methoxy groups -OCH3 is 1. The number of aliphatic carboxylic acids is 1. The second-order valence-electron chi connectivity index (χ2n) is 5.90. The van der Waals surface area contributed by atoms with E-state index in [0.29, 0.717) is 11.3 Å². The molecular weight excluding hydrogens is 298 g/mol. The van der Waals surface area contributed by atoms with E-state index in [-0.39, 0.29) is 17.7 Å². The third kappa shape index (κ3) is 2.72. The molecule has 0 heterocycles. The number of carboxylic acids is 1. The number of carbonyl (C=O) groups is 3. The molecule has 0 aromatic heterocycles. The average molecular weight is 315 g/mol. The molecule has 120 valence electrons. The van der Waals surface area contributed by atoms with E-state index >= 15 is 0 Å². The van der Waals surface area contributed by atoms with Crippen LogP contribution in [0.5, 0.6) is 0 Å². The van der Waals surface area contributed by atoms with Gasteiger partial charge in [-0.15, -0.1) is 0 Å². The van der Waals surface area contributed by atoms with Crippen molar-refractivity contribution in [1.29, 1.82) is 0 Å². The molecule has 3 rings (SSSR count). The number of benzene rings is 1. The molecule has 0 aliphatic heterocycles. The molecule has 2 aliphatic carbocycles. The Hall–Kier alpha value is -2.63. The van der Waals surface area contributed by atoms with Gasteiger partial charge in [-0.05, 0) is 42.5 Å². The van der Waals surface area contributed by atoms with E-state index in [0.717, 1.165) is 6.42 Å². The molecule has 2 N–H and O–H groups in total. The quantitative estimate of drug-likeness (QED) is 0.654. The zero-order valence-electron chi connectivity index (χ0n) is 12.6. The highest BCUT2D eigenvalue weighted by atomic mass is 16.5. The second kappa shape index (κ2) is 5.87. The Morgan fingerprint density at radius 2 is 1.70 bits per heavy atom. The van der Waals surface area contributed by atoms with Gasteiger partial charge < -0.3 is 15.2 Å². The van der Waals surface area contributed by atoms with Gasteiger partial charge in [0, 0.05) is 5.69 Å². The van der Waals surface area contributed by atoms with Gasteiger partial charge in [0.1, 0.15) is 0 Å². The average Bonchev–Trinajstić information content (AvgIpc) is 3.15. The highest BCUT2D eigenvalue weighted by Crippen LogP contribution is 2.48. The normalized spacial score (nSPS) is 27.7. The number of esters is 1. The largest absolute Gasteiger partial charge is 0.481 e. The van der Waals surface area contributed by atoms with Gasteiger partial charge in [-0.3, -0.25) is 9.59 Å². The fourth-order valence-corrected chi connectivity index (χ4v) is 3.55. The molecule has 6 nitrogen and oxygen atoms in total. The van der Waals surface area contributed by atoms with Crippen molar-refractivity contribution in [1.82, 2.24) is 0 Å². The van der Waals surface area contributed by atoms with Crippen LogP contribution in [0.1, 0.15) is 16.8 Å². The Morgan fingerprint density at radius 1 is 1.09 bits per heavy atom. The summed E-state index contributed by atoms with van der Waals surface area (Å²) in [6, 6.07) is 6.31. The first-order valence-corrected chi connectivity index (χ1v) is 7.41. The second-order valence-corrected chi connectivity index (χ2v) is 5.90. The molecule has 0 saturated heterocycles. The lowest BCUT2D eigenvalue weighted by molar-refractivity contribution is -0.146. The molecule has 23 heavy (non-hydrogen) atoms. The van der Waals surface area contributed by atoms with Crippen molar-refractivity contribution in [3.8, 4) is 0 Å². The summed E-state index contributed by atoms with van der Waals surface area (Å²) in [4.78, 5) is 35.3. The summed E-state index contributed by atoms with van der Waals surface area (Å²) in [7, 11) is 1.30. The minimum absolute atomic E-state index is 0.0181. The van der Waals surface area contributed by atoms with E-state index in [4.69, 9.17) is 0 Å². The lowest BCUT2D eigenvalue weighted by Crippen LogP contribution is -2.36. The van der Waals surface area contributed by atoms with Crippen molar-refractivity contribution in [2.75, 3.05) is 12.4 Å². The van der Waals surface area contributed by atoms with Gasteiger partial charge in [-0.2, -0.15) is 0 Å². The predicted octanol–water partition coefficient (Wildman–Crippen LogP) is 1.93. The Morgan fingerprint density at radius 3 is 2.26 bits per heavy atom. The first-order valence-electron chi connectivity index (χ1n) is 7.41. The molecule has 1 amide bonds. The molecule has 1 aromatic carbocycles. The highest BCUT2D eigenvalue weighted by Gasteiger charge is 2.51. The van der Waals surface area contributed by atoms with Crippen molar-refractivity contribution in [3.63, 3.8) is 0 Å². The van der Waals surface area contributed by atoms with Gasteiger partial charge in [-0.25, -0.2) is 4.79 Å². The fourth-order valence-electron chi connectivity index (χ4n) is 3.55. The summed E-state index contributed by atoms with van der Waals surface area (Å²) in [5.41, 5.74) is 0.912. The number of carbonyl (C=O) groups excluding carboxylic acids is 2. The van der Waals surface area contributed by atoms with Crippen molar-refractivity contribution < 1.29 is 24.2 Å². The van der Waals surface area contributed by atoms with Crippen LogP contribution in [0.2, 0.25) is 0 Å². The van der Waals surface area contributed by atoms with Crippen molar-refractivity contribution in [2.45, 2.75) is 6.42 Å². The smallest absolute Gasteiger partial charge is 0.337 e. The predicted molar refractivity (Wildman–Crippen MR) is 81.8 cm³/mol. The number of hydrogen-bond acceptors (Lipinski definition) is 4. The van der Waals surface area contributed by atoms with Crippen LogP contribution in [-0.2, 0) is 14.3 Å². The van der Waals surface area contributed by atoms with E-state index in [1.54, 1.807) is 24.3 Å². The van der Waals surface area contributed by atoms with E-state index in [9.17, 15) is 19.5 Å². The van der Waals surface area contributed by atoms with Crippen molar-refractivity contribution >= 4 is 23.5 Å². The summed E-state index contributed by atoms with van der Waals surface area (Å²) < 4.78 is 4.61. The third-order valence-corrected chi connectivity index (χ3v) is 4.62. The number of carboxylic acid groups (broad SMARTS) is 1. The van der Waals surface area contributed by atoms with E-state index in [1.807, 2.05) is 12.2 Å². The Labute approximate surface area is 133 Å². The van der Waals surface area contributed by atoms with Crippen LogP contribution in [0, 0.1) is 23.7 Å². The van der Waals surface area contributed by atoms with Crippen LogP contribution in [0.15, 0.2) is 36.4 Å². The summed E-state index contributed by atoms with van der Waals surface area (Å²) in [5.74, 6) is -2.97. The minimum Gasteiger partial charge on any atom is -0.481 e. The van der Waals surface area contributed by atoms with Crippen LogP contribution < -0.4 is 5.32 Å². The molecule has 0 radical (unpaired) electrons. The first kappa shape index (κ1) is 15.3. The number of allylic oxidation sites excluding steroid dienone is 2. The molecule has 4 atom stereocenters. The van der Waals surface area contributed by atoms with Crippen LogP contribution in [0.4, 0.5) is 5.69 Å². The molecule has 6 heteroatoms. The van der Waals surface area contributed by atoms with Gasteiger partial charge in [0.15, 0.2) is 0 Å². The van der Waals surface area contributed by atoms with E-state index in [2.05, 4.69) is 10.1 Å². The van der Waals surface area contributed by atoms with E-state index in [1.165, 1.54) is 7.11 Å². The van der Waals surface area contributed by atoms with Crippen LogP contribution >= 0.6 is 0 Å². The van der Waals surface area contributed by atoms with Gasteiger partial charge in [0.2, 0.25) is 5.91 Å². The first-order chi connectivity index (χ1) is 11.0. The zero-order chi connectivity index (χ0) is 16.6. The van der Waals surface area contributed by atoms with Crippen molar-refractivity contribution in [2.24, 2.45) is 23.7 Å². The number of amides is 1. The zero-order valence-corrected chi connectivity index (χ0v) is 12.6. The summed E-state index contributed by atoms with van der Waals surface area (Å²) in [6.07, 6.45) is 4.56. The summed E-state index contributed by atoms with van der Waals surface area (Å²) >= 11 is 0. The summed E-state index contributed by atoms with van der Waals surface area (Å²) in [5, 5.41) is 12.1. The number of rotatable bonds is 4. The van der Waals surface area contributed by atoms with E-state index < -0.39 is 23.8 Å². The summed E-state index contributed by atoms with van der Waals surface area (Å²) in [6.45, 7) is 0. The highest BCUT2D eigenvalue weighted by molar-refractivity contribution is 5.97. The minimum atomic E-state index is -0.928. The SMILES string of the molecule is COC(=O)c1ccc(NC(=O)[C@H]2[C@H](C(=O)O)[C@H]3C=C[C@H]2C3)cc1. The van der Waals surface area contributed by atoms with Gasteiger partial charge in [-0.1, -0.05) is 12.2 Å². The Bertz CT molecular complexity index is 679. The maximum Gasteiger partial charge on any atom is 0.337 e. The maximum atomic E-state index is 12.5. The topological polar surface area (TPSA) is 92.7 Å². The van der Waals surface area contributed by atoms with Gasteiger partial charge in [0.05, 0.1) is 24.5 Å². The van der Waals surface area contributed by atoms with Crippen LogP contribution in [-0.4, -0.2) is 30.1 Å². The molecular formula is C17H17NO5. The molecule has 0 spiro atoms. The molecule has 1 fully saturated rings. The number of anilines is 1. The van der Waals surface area contributed by atoms with Crippen LogP contribution in [0.3, 0.4) is 0 Å². The molecule has 0 unspecified atom stereocenters. The fraction of sp³-hybridized carbons (Fsp3) is 0.353. The lowest BCUT2D eigenvalue weighted by atomic mass is 9.82. The molecule has 1 aromatic rings. The van der Waals surface area contributed by atoms with Crippen LogP contribution in [0.25, 0.3) is 0 Å². The number of nitrogens with one attached hydrogen (secondary N) is 1. The van der Waals surface area contributed by atoms with Gasteiger partial charge >= 0.3 is 11.9 Å². The Balaban J connectivity index is 1.73. The Kier molecular flexibility index (Phi) is 3.90. The third-order valence-electron chi connectivity index (χ3n) is 4.62. The molecule has 1 saturated carbocycles. The number of fused-ring (bicyclic) bond motifs is 2. The molecule has 2 aliphatic rings. The number of ether oxygens (including phenoxy) is 1. The molecule has 2 bridgehead atoms. The lowest BCUT2D eigenvalue weighted by Gasteiger charge is -2.23. The number of hydrogen-bond donors (Lipinski definition) is 2.